The molecule has 2 nitrogen and oxygen atoms in total. The van der Waals surface area contributed by atoms with E-state index in [0.29, 0.717) is 0 Å². The fourth-order valence-electron chi connectivity index (χ4n) is 2.14. The lowest BCUT2D eigenvalue weighted by molar-refractivity contribution is 0.269. The van der Waals surface area contributed by atoms with Gasteiger partial charge in [0.15, 0.2) is 0 Å². The van der Waals surface area contributed by atoms with Gasteiger partial charge in [0, 0.05) is 24.0 Å². The Labute approximate surface area is 101 Å². The Kier molecular flexibility index (Phi) is 3.06. The maximum atomic E-state index is 5.83. The van der Waals surface area contributed by atoms with E-state index in [4.69, 9.17) is 4.74 Å². The number of hydrogen-bond donors (Lipinski definition) is 1. The molecule has 0 bridgehead atoms. The van der Waals surface area contributed by atoms with Gasteiger partial charge in [0.05, 0.1) is 6.61 Å². The van der Waals surface area contributed by atoms with Gasteiger partial charge in [-0.2, -0.15) is 11.8 Å². The largest absolute Gasteiger partial charge is 0.493 e. The molecule has 0 spiro atoms. The van der Waals surface area contributed by atoms with Crippen molar-refractivity contribution in [1.29, 1.82) is 0 Å². The number of thioether (sulfide) groups is 1. The van der Waals surface area contributed by atoms with Crippen LogP contribution >= 0.6 is 11.8 Å². The van der Waals surface area contributed by atoms with E-state index in [1.807, 2.05) is 11.8 Å². The molecule has 1 saturated heterocycles. The Morgan fingerprint density at radius 2 is 2.25 bits per heavy atom. The van der Waals surface area contributed by atoms with Crippen molar-refractivity contribution in [3.63, 3.8) is 0 Å². The summed E-state index contributed by atoms with van der Waals surface area (Å²) in [5.74, 6) is 4.36. The topological polar surface area (TPSA) is 21.3 Å². The summed E-state index contributed by atoms with van der Waals surface area (Å²) >= 11 is 2.01. The highest BCUT2D eigenvalue weighted by molar-refractivity contribution is 8.00. The lowest BCUT2D eigenvalue weighted by Gasteiger charge is -2.25. The van der Waals surface area contributed by atoms with Crippen molar-refractivity contribution in [3.8, 4) is 5.75 Å². The van der Waals surface area contributed by atoms with E-state index in [1.54, 1.807) is 0 Å². The first-order chi connectivity index (χ1) is 7.92. The Bertz CT molecular complexity index is 376. The Hall–Kier alpha value is -0.670. The van der Waals surface area contributed by atoms with Gasteiger partial charge in [-0.1, -0.05) is 6.07 Å². The zero-order valence-corrected chi connectivity index (χ0v) is 10.2. The molecule has 3 rings (SSSR count). The monoisotopic (exact) mass is 235 g/mol. The van der Waals surface area contributed by atoms with E-state index in [1.165, 1.54) is 22.6 Å². The molecule has 1 aromatic rings. The molecule has 0 saturated carbocycles. The molecule has 0 aliphatic carbocycles. The van der Waals surface area contributed by atoms with Crippen molar-refractivity contribution in [1.82, 2.24) is 5.32 Å². The van der Waals surface area contributed by atoms with Crippen molar-refractivity contribution >= 4 is 11.8 Å². The maximum absolute atomic E-state index is 5.83. The summed E-state index contributed by atoms with van der Waals surface area (Å²) in [5.41, 5.74) is 2.89. The number of fused-ring (bicyclic) bond motifs is 1. The maximum Gasteiger partial charge on any atom is 0.119 e. The van der Waals surface area contributed by atoms with Gasteiger partial charge in [-0.3, -0.25) is 0 Å². The van der Waals surface area contributed by atoms with Gasteiger partial charge in [0.2, 0.25) is 0 Å². The van der Waals surface area contributed by atoms with Gasteiger partial charge in [-0.25, -0.2) is 0 Å². The number of rotatable bonds is 3. The number of benzene rings is 1. The molecule has 1 fully saturated rings. The smallest absolute Gasteiger partial charge is 0.119 e. The quantitative estimate of drug-likeness (QED) is 0.866. The van der Waals surface area contributed by atoms with Crippen LogP contribution in [-0.2, 0) is 13.0 Å². The van der Waals surface area contributed by atoms with Crippen molar-refractivity contribution in [3.05, 3.63) is 29.3 Å². The number of hydrogen-bond acceptors (Lipinski definition) is 3. The van der Waals surface area contributed by atoms with Gasteiger partial charge in [-0.05, 0) is 36.2 Å². The van der Waals surface area contributed by atoms with E-state index in [-0.39, 0.29) is 0 Å². The minimum absolute atomic E-state index is 0.777. The summed E-state index contributed by atoms with van der Waals surface area (Å²) in [4.78, 5) is 0. The van der Waals surface area contributed by atoms with Crippen LogP contribution < -0.4 is 10.1 Å². The van der Waals surface area contributed by atoms with Crippen molar-refractivity contribution in [2.75, 3.05) is 24.7 Å². The van der Waals surface area contributed by atoms with Crippen molar-refractivity contribution < 1.29 is 4.74 Å². The summed E-state index contributed by atoms with van der Waals surface area (Å²) < 4.78 is 5.83. The van der Waals surface area contributed by atoms with Crippen LogP contribution in [0.15, 0.2) is 18.2 Å². The summed E-state index contributed by atoms with van der Waals surface area (Å²) in [6.45, 7) is 2.98. The van der Waals surface area contributed by atoms with Crippen LogP contribution in [0, 0.1) is 5.92 Å². The second-order valence-electron chi connectivity index (χ2n) is 4.57. The third-order valence-electron chi connectivity index (χ3n) is 3.26. The molecule has 16 heavy (non-hydrogen) atoms. The van der Waals surface area contributed by atoms with E-state index in [2.05, 4.69) is 23.5 Å². The molecule has 0 amide bonds. The van der Waals surface area contributed by atoms with Gasteiger partial charge in [0.25, 0.3) is 0 Å². The zero-order chi connectivity index (χ0) is 10.8. The molecule has 0 radical (unpaired) electrons. The van der Waals surface area contributed by atoms with Gasteiger partial charge in [-0.15, -0.1) is 0 Å². The first-order valence-electron chi connectivity index (χ1n) is 5.95. The molecule has 2 aliphatic rings. The van der Waals surface area contributed by atoms with Gasteiger partial charge >= 0.3 is 0 Å². The molecular formula is C13H17NOS. The van der Waals surface area contributed by atoms with Crippen LogP contribution in [0.2, 0.25) is 0 Å². The molecule has 3 heteroatoms. The number of nitrogens with one attached hydrogen (secondary N) is 1. The highest BCUT2D eigenvalue weighted by Crippen LogP contribution is 2.26. The van der Waals surface area contributed by atoms with Crippen LogP contribution in [0.5, 0.6) is 5.75 Å². The minimum Gasteiger partial charge on any atom is -0.493 e. The SMILES string of the molecule is c1cc2c(cc1OCC1CSC1)CNCC2. The van der Waals surface area contributed by atoms with Crippen LogP contribution in [0.1, 0.15) is 11.1 Å². The van der Waals surface area contributed by atoms with E-state index in [0.717, 1.165) is 37.8 Å². The van der Waals surface area contributed by atoms with E-state index in [9.17, 15) is 0 Å². The molecule has 0 unspecified atom stereocenters. The summed E-state index contributed by atoms with van der Waals surface area (Å²) in [5, 5.41) is 3.40. The molecule has 2 aliphatic heterocycles. The van der Waals surface area contributed by atoms with E-state index >= 15 is 0 Å². The minimum atomic E-state index is 0.777. The second-order valence-corrected chi connectivity index (χ2v) is 5.65. The van der Waals surface area contributed by atoms with Crippen LogP contribution in [0.4, 0.5) is 0 Å². The van der Waals surface area contributed by atoms with Crippen LogP contribution in [0.25, 0.3) is 0 Å². The van der Waals surface area contributed by atoms with Crippen molar-refractivity contribution in [2.45, 2.75) is 13.0 Å². The van der Waals surface area contributed by atoms with Crippen molar-refractivity contribution in [2.24, 2.45) is 5.92 Å². The zero-order valence-electron chi connectivity index (χ0n) is 9.37. The molecule has 0 atom stereocenters. The van der Waals surface area contributed by atoms with Crippen LogP contribution in [-0.4, -0.2) is 24.7 Å². The average Bonchev–Trinajstić information content (AvgIpc) is 2.27. The summed E-state index contributed by atoms with van der Waals surface area (Å²) in [6, 6.07) is 6.55. The molecule has 86 valence electrons. The first kappa shape index (κ1) is 10.5. The fraction of sp³-hybridized carbons (Fsp3) is 0.538. The number of ether oxygens (including phenoxy) is 1. The summed E-state index contributed by atoms with van der Waals surface area (Å²) in [7, 11) is 0. The Morgan fingerprint density at radius 3 is 3.06 bits per heavy atom. The van der Waals surface area contributed by atoms with Gasteiger partial charge in [0.1, 0.15) is 5.75 Å². The third kappa shape index (κ3) is 2.20. The average molecular weight is 235 g/mol. The third-order valence-corrected chi connectivity index (χ3v) is 4.67. The molecule has 1 aromatic carbocycles. The van der Waals surface area contributed by atoms with Crippen LogP contribution in [0.3, 0.4) is 0 Å². The standard InChI is InChI=1S/C13H17NOS/c1-2-13(15-7-10-8-16-9-10)5-12-6-14-4-3-11(1)12/h1-2,5,10,14H,3-4,6-9H2. The lowest BCUT2D eigenvalue weighted by Crippen LogP contribution is -2.25. The predicted molar refractivity (Wildman–Crippen MR) is 68.2 cm³/mol. The molecule has 1 N–H and O–H groups in total. The molecule has 0 aromatic heterocycles. The lowest BCUT2D eigenvalue weighted by atomic mass is 10.0. The molecule has 2 heterocycles. The summed E-state index contributed by atoms with van der Waals surface area (Å²) in [6.07, 6.45) is 1.15. The van der Waals surface area contributed by atoms with Gasteiger partial charge < -0.3 is 10.1 Å². The Balaban J connectivity index is 1.65. The predicted octanol–water partition coefficient (Wildman–Crippen LogP) is 2.07. The highest BCUT2D eigenvalue weighted by Gasteiger charge is 2.18. The second kappa shape index (κ2) is 4.68. The molecular weight excluding hydrogens is 218 g/mol. The fourth-order valence-corrected chi connectivity index (χ4v) is 2.90. The van der Waals surface area contributed by atoms with E-state index < -0.39 is 0 Å². The normalized spacial score (nSPS) is 20.0. The first-order valence-corrected chi connectivity index (χ1v) is 7.10. The highest BCUT2D eigenvalue weighted by atomic mass is 32.2. The Morgan fingerprint density at radius 1 is 1.31 bits per heavy atom.